The predicted octanol–water partition coefficient (Wildman–Crippen LogP) is 4.36. The molecule has 1 atom stereocenters. The molecule has 1 heterocycles. The largest absolute Gasteiger partial charge is 0.311 e. The fourth-order valence-electron chi connectivity index (χ4n) is 2.87. The van der Waals surface area contributed by atoms with Crippen LogP contribution >= 0.6 is 0 Å². The van der Waals surface area contributed by atoms with Gasteiger partial charge < -0.3 is 5.32 Å². The van der Waals surface area contributed by atoms with Gasteiger partial charge in [0, 0.05) is 18.5 Å². The Hall–Kier alpha value is -1.35. The second-order valence-corrected chi connectivity index (χ2v) is 5.84. The van der Waals surface area contributed by atoms with E-state index >= 15 is 0 Å². The summed E-state index contributed by atoms with van der Waals surface area (Å²) in [6, 6.07) is 8.62. The molecular formula is C18H29N3. The van der Waals surface area contributed by atoms with Gasteiger partial charge in [-0.3, -0.25) is 4.68 Å². The lowest BCUT2D eigenvalue weighted by molar-refractivity contribution is 0.376. The molecule has 1 aromatic heterocycles. The average molecular weight is 287 g/mol. The van der Waals surface area contributed by atoms with Crippen molar-refractivity contribution in [1.29, 1.82) is 0 Å². The van der Waals surface area contributed by atoms with Crippen LogP contribution in [0.1, 0.15) is 52.1 Å². The molecule has 2 aromatic rings. The summed E-state index contributed by atoms with van der Waals surface area (Å²) in [4.78, 5) is 0. The van der Waals surface area contributed by atoms with Crippen molar-refractivity contribution in [1.82, 2.24) is 15.1 Å². The highest BCUT2D eigenvalue weighted by Crippen LogP contribution is 2.22. The first-order chi connectivity index (χ1) is 10.3. The van der Waals surface area contributed by atoms with Crippen LogP contribution in [0.4, 0.5) is 0 Å². The minimum atomic E-state index is 0.736. The minimum absolute atomic E-state index is 0.736. The molecule has 116 valence electrons. The first kappa shape index (κ1) is 16.0. The Labute approximate surface area is 128 Å². The van der Waals surface area contributed by atoms with Crippen LogP contribution in [0.2, 0.25) is 0 Å². The van der Waals surface area contributed by atoms with Crippen molar-refractivity contribution in [3.8, 4) is 0 Å². The fourth-order valence-corrected chi connectivity index (χ4v) is 2.87. The third kappa shape index (κ3) is 4.07. The topological polar surface area (TPSA) is 29.9 Å². The number of nitrogens with one attached hydrogen (secondary N) is 1. The van der Waals surface area contributed by atoms with E-state index in [-0.39, 0.29) is 0 Å². The van der Waals surface area contributed by atoms with Crippen LogP contribution in [-0.2, 0) is 13.1 Å². The zero-order chi connectivity index (χ0) is 15.1. The first-order valence-electron chi connectivity index (χ1n) is 8.45. The second-order valence-electron chi connectivity index (χ2n) is 5.84. The van der Waals surface area contributed by atoms with Crippen LogP contribution in [0.15, 0.2) is 24.3 Å². The van der Waals surface area contributed by atoms with Crippen molar-refractivity contribution in [2.24, 2.45) is 5.92 Å². The van der Waals surface area contributed by atoms with Gasteiger partial charge in [0.05, 0.1) is 11.2 Å². The zero-order valence-electron chi connectivity index (χ0n) is 13.7. The summed E-state index contributed by atoms with van der Waals surface area (Å²) in [6.07, 6.45) is 5.14. The normalized spacial score (nSPS) is 12.9. The van der Waals surface area contributed by atoms with Gasteiger partial charge in [0.2, 0.25) is 0 Å². The first-order valence-corrected chi connectivity index (χ1v) is 8.45. The third-order valence-corrected chi connectivity index (χ3v) is 4.25. The van der Waals surface area contributed by atoms with Gasteiger partial charge in [-0.2, -0.15) is 5.10 Å². The van der Waals surface area contributed by atoms with Gasteiger partial charge in [0.25, 0.3) is 0 Å². The zero-order valence-corrected chi connectivity index (χ0v) is 13.7. The highest BCUT2D eigenvalue weighted by atomic mass is 15.3. The van der Waals surface area contributed by atoms with Crippen molar-refractivity contribution in [3.63, 3.8) is 0 Å². The number of rotatable bonds is 9. The van der Waals surface area contributed by atoms with E-state index in [1.165, 1.54) is 42.3 Å². The fraction of sp³-hybridized carbons (Fsp3) is 0.611. The molecule has 0 saturated carbocycles. The van der Waals surface area contributed by atoms with Crippen LogP contribution in [0.3, 0.4) is 0 Å². The molecule has 1 aromatic carbocycles. The maximum atomic E-state index is 4.88. The minimum Gasteiger partial charge on any atom is -0.311 e. The Balaban J connectivity index is 2.22. The lowest BCUT2D eigenvalue weighted by Gasteiger charge is -2.15. The highest BCUT2D eigenvalue weighted by molar-refractivity contribution is 5.81. The Morgan fingerprint density at radius 2 is 2.00 bits per heavy atom. The summed E-state index contributed by atoms with van der Waals surface area (Å²) in [5, 5.41) is 9.57. The summed E-state index contributed by atoms with van der Waals surface area (Å²) in [6.45, 7) is 9.58. The molecule has 0 amide bonds. The van der Waals surface area contributed by atoms with Gasteiger partial charge in [0.15, 0.2) is 0 Å². The molecular weight excluding hydrogens is 258 g/mol. The lowest BCUT2D eigenvalue weighted by Crippen LogP contribution is -2.14. The Morgan fingerprint density at radius 1 is 1.19 bits per heavy atom. The van der Waals surface area contributed by atoms with Crippen LogP contribution < -0.4 is 5.32 Å². The van der Waals surface area contributed by atoms with Gasteiger partial charge in [-0.15, -0.1) is 0 Å². The average Bonchev–Trinajstić information content (AvgIpc) is 2.87. The van der Waals surface area contributed by atoms with E-state index in [0.29, 0.717) is 0 Å². The van der Waals surface area contributed by atoms with Crippen molar-refractivity contribution >= 4 is 10.9 Å². The summed E-state index contributed by atoms with van der Waals surface area (Å²) < 4.78 is 2.23. The number of nitrogens with zero attached hydrogens (tertiary/aromatic N) is 2. The number of fused-ring (bicyclic) bond motifs is 1. The Bertz CT molecular complexity index is 544. The van der Waals surface area contributed by atoms with E-state index in [9.17, 15) is 0 Å². The number of para-hydroxylation sites is 1. The Morgan fingerprint density at radius 3 is 2.71 bits per heavy atom. The highest BCUT2D eigenvalue weighted by Gasteiger charge is 2.13. The van der Waals surface area contributed by atoms with Gasteiger partial charge in [-0.05, 0) is 24.9 Å². The molecule has 1 N–H and O–H groups in total. The van der Waals surface area contributed by atoms with E-state index in [1.807, 2.05) is 0 Å². The molecule has 0 aliphatic rings. The standard InChI is InChI=1S/C18H29N3/c1-4-7-10-15(5-2)14-21-18-12-9-8-11-16(18)17(20-21)13-19-6-3/h8-9,11-12,15,19H,4-7,10,13-14H2,1-3H3. The molecule has 2 rings (SSSR count). The quantitative estimate of drug-likeness (QED) is 0.742. The summed E-state index contributed by atoms with van der Waals surface area (Å²) in [7, 11) is 0. The molecule has 1 unspecified atom stereocenters. The van der Waals surface area contributed by atoms with E-state index in [2.05, 4.69) is 55.0 Å². The predicted molar refractivity (Wildman–Crippen MR) is 90.4 cm³/mol. The number of unbranched alkanes of at least 4 members (excludes halogenated alkanes) is 1. The van der Waals surface area contributed by atoms with E-state index in [0.717, 1.165) is 25.6 Å². The van der Waals surface area contributed by atoms with E-state index < -0.39 is 0 Å². The van der Waals surface area contributed by atoms with E-state index in [4.69, 9.17) is 5.10 Å². The molecule has 3 heteroatoms. The Kier molecular flexibility index (Phi) is 6.24. The maximum absolute atomic E-state index is 4.88. The smallest absolute Gasteiger partial charge is 0.0841 e. The summed E-state index contributed by atoms with van der Waals surface area (Å²) in [5.74, 6) is 0.736. The summed E-state index contributed by atoms with van der Waals surface area (Å²) in [5.41, 5.74) is 2.46. The number of benzene rings is 1. The second kappa shape index (κ2) is 8.18. The van der Waals surface area contributed by atoms with Gasteiger partial charge in [-0.25, -0.2) is 0 Å². The van der Waals surface area contributed by atoms with Crippen LogP contribution in [-0.4, -0.2) is 16.3 Å². The molecule has 0 aliphatic heterocycles. The monoisotopic (exact) mass is 287 g/mol. The third-order valence-electron chi connectivity index (χ3n) is 4.25. The van der Waals surface area contributed by atoms with Crippen molar-refractivity contribution in [3.05, 3.63) is 30.0 Å². The molecule has 0 bridgehead atoms. The maximum Gasteiger partial charge on any atom is 0.0841 e. The SMILES string of the molecule is CCCCC(CC)Cn1nc(CNCC)c2ccccc21. The van der Waals surface area contributed by atoms with Gasteiger partial charge >= 0.3 is 0 Å². The van der Waals surface area contributed by atoms with Crippen molar-refractivity contribution < 1.29 is 0 Å². The molecule has 0 spiro atoms. The van der Waals surface area contributed by atoms with Gasteiger partial charge in [0.1, 0.15) is 0 Å². The van der Waals surface area contributed by atoms with Crippen molar-refractivity contribution in [2.45, 2.75) is 59.5 Å². The number of hydrogen-bond acceptors (Lipinski definition) is 2. The van der Waals surface area contributed by atoms with Crippen molar-refractivity contribution in [2.75, 3.05) is 6.54 Å². The van der Waals surface area contributed by atoms with Crippen LogP contribution in [0, 0.1) is 5.92 Å². The lowest BCUT2D eigenvalue weighted by atomic mass is 9.99. The van der Waals surface area contributed by atoms with Crippen LogP contribution in [0.5, 0.6) is 0 Å². The number of hydrogen-bond donors (Lipinski definition) is 1. The summed E-state index contributed by atoms with van der Waals surface area (Å²) >= 11 is 0. The number of aromatic nitrogens is 2. The molecule has 21 heavy (non-hydrogen) atoms. The molecule has 0 fully saturated rings. The molecule has 3 nitrogen and oxygen atoms in total. The molecule has 0 saturated heterocycles. The van der Waals surface area contributed by atoms with Gasteiger partial charge in [-0.1, -0.05) is 58.2 Å². The van der Waals surface area contributed by atoms with Crippen LogP contribution in [0.25, 0.3) is 10.9 Å². The molecule has 0 aliphatic carbocycles. The molecule has 0 radical (unpaired) electrons. The van der Waals surface area contributed by atoms with E-state index in [1.54, 1.807) is 0 Å².